The molecule has 0 radical (unpaired) electrons. The second-order valence-corrected chi connectivity index (χ2v) is 16.8. The quantitative estimate of drug-likeness (QED) is 0.0981. The van der Waals surface area contributed by atoms with E-state index in [1.807, 2.05) is 6.07 Å². The third-order valence-corrected chi connectivity index (χ3v) is 12.6. The van der Waals surface area contributed by atoms with Gasteiger partial charge in [-0.15, -0.1) is 0 Å². The van der Waals surface area contributed by atoms with Crippen LogP contribution in [-0.4, -0.2) is 41.1 Å². The number of halogens is 8. The van der Waals surface area contributed by atoms with Crippen LogP contribution in [0.3, 0.4) is 0 Å². The summed E-state index contributed by atoms with van der Waals surface area (Å²) in [6.45, 7) is 3.30. The Bertz CT molecular complexity index is 3070. The zero-order valence-corrected chi connectivity index (χ0v) is 35.9. The first-order valence-electron chi connectivity index (χ1n) is 21.0. The van der Waals surface area contributed by atoms with Crippen molar-refractivity contribution in [2.24, 2.45) is 0 Å². The highest BCUT2D eigenvalue weighted by molar-refractivity contribution is 6.39. The Kier molecular flexibility index (Phi) is 12.7. The van der Waals surface area contributed by atoms with E-state index in [1.165, 1.54) is 30.3 Å². The lowest BCUT2D eigenvalue weighted by Crippen LogP contribution is -2.30. The fourth-order valence-corrected chi connectivity index (χ4v) is 9.37. The number of piperidine rings is 2. The van der Waals surface area contributed by atoms with Gasteiger partial charge < -0.3 is 15.8 Å². The van der Waals surface area contributed by atoms with Gasteiger partial charge in [0, 0.05) is 75.1 Å². The molecule has 65 heavy (non-hydrogen) atoms. The summed E-state index contributed by atoms with van der Waals surface area (Å²) in [6, 6.07) is 22.4. The molecule has 2 fully saturated rings. The molecule has 0 aliphatic carbocycles. The van der Waals surface area contributed by atoms with Crippen molar-refractivity contribution >= 4 is 45.0 Å². The summed E-state index contributed by atoms with van der Waals surface area (Å²) in [5, 5.41) is 21.4. The van der Waals surface area contributed by atoms with Crippen molar-refractivity contribution in [2.75, 3.05) is 26.2 Å². The van der Waals surface area contributed by atoms with Crippen LogP contribution < -0.4 is 15.4 Å². The lowest BCUT2D eigenvalue weighted by atomic mass is 9.90. The first-order valence-corrected chi connectivity index (χ1v) is 21.8. The molecule has 0 atom stereocenters. The molecule has 10 rings (SSSR count). The average Bonchev–Trinajstić information content (AvgIpc) is 3.30. The lowest BCUT2D eigenvalue weighted by molar-refractivity contribution is -0.592. The van der Waals surface area contributed by atoms with Gasteiger partial charge in [-0.25, -0.2) is 31.3 Å². The molecule has 2 aliphatic rings. The molecule has 0 saturated carbocycles. The maximum absolute atomic E-state index is 14.9. The van der Waals surface area contributed by atoms with Gasteiger partial charge in [0.2, 0.25) is 0 Å². The number of fused-ring (bicyclic) bond motifs is 2. The third-order valence-electron chi connectivity index (χ3n) is 12.0. The Morgan fingerprint density at radius 3 is 1.55 bits per heavy atom. The van der Waals surface area contributed by atoms with Gasteiger partial charge in [-0.2, -0.15) is 4.73 Å². The molecule has 0 unspecified atom stereocenters. The van der Waals surface area contributed by atoms with Gasteiger partial charge in [-0.05, 0) is 130 Å². The number of pyridine rings is 4. The smallest absolute Gasteiger partial charge is 0.256 e. The average molecular weight is 924 g/mol. The molecule has 8 aromatic rings. The Hall–Kier alpha value is -6.12. The molecule has 7 nitrogen and oxygen atoms in total. The van der Waals surface area contributed by atoms with Gasteiger partial charge in [-0.1, -0.05) is 35.3 Å². The first kappa shape index (κ1) is 44.1. The molecule has 6 heterocycles. The van der Waals surface area contributed by atoms with Gasteiger partial charge in [0.15, 0.2) is 6.20 Å². The number of hydrogen-bond acceptors (Lipinski definition) is 6. The van der Waals surface area contributed by atoms with Gasteiger partial charge in [-0.3, -0.25) is 9.97 Å². The Balaban J connectivity index is 0.000000164. The maximum atomic E-state index is 14.9. The number of rotatable bonds is 6. The second kappa shape index (κ2) is 18.8. The van der Waals surface area contributed by atoms with E-state index in [4.69, 9.17) is 28.2 Å². The number of benzene rings is 4. The monoisotopic (exact) mass is 922 g/mol. The molecule has 0 bridgehead atoms. The van der Waals surface area contributed by atoms with Crippen LogP contribution >= 0.6 is 23.2 Å². The Morgan fingerprint density at radius 2 is 1.03 bits per heavy atom. The lowest BCUT2D eigenvalue weighted by Gasteiger charge is -2.24. The van der Waals surface area contributed by atoms with E-state index in [0.29, 0.717) is 64.7 Å². The summed E-state index contributed by atoms with van der Waals surface area (Å²) in [5.41, 5.74) is 3.89. The molecule has 0 spiro atoms. The normalized spacial score (nSPS) is 14.7. The zero-order chi connectivity index (χ0) is 45.4. The maximum Gasteiger partial charge on any atom is 0.256 e. The minimum Gasteiger partial charge on any atom is -0.618 e. The summed E-state index contributed by atoms with van der Waals surface area (Å²) in [6.07, 6.45) is 6.11. The van der Waals surface area contributed by atoms with Gasteiger partial charge in [0.05, 0.1) is 21.3 Å². The van der Waals surface area contributed by atoms with E-state index in [2.05, 4.69) is 20.6 Å². The molecular formula is C50H38Cl2F6N6O. The van der Waals surface area contributed by atoms with Crippen molar-refractivity contribution in [2.45, 2.75) is 37.5 Å². The van der Waals surface area contributed by atoms with Crippen molar-refractivity contribution in [3.05, 3.63) is 171 Å². The SMILES string of the molecule is Fc1ccc(-c2cc(C3CCNCC3)nc3c(-c4c(Cl)cccc4Cl)nccc23)c(F)c1.[O-][n+]1ccc2c(-c3ccc(F)cc3F)cc(C3CCNCC3)nc2c1-c1c(F)cccc1F. The summed E-state index contributed by atoms with van der Waals surface area (Å²) >= 11 is 13.0. The molecule has 15 heteroatoms. The molecule has 2 aliphatic heterocycles. The van der Waals surface area contributed by atoms with E-state index in [-0.39, 0.29) is 28.6 Å². The van der Waals surface area contributed by atoms with Crippen molar-refractivity contribution in [3.8, 4) is 44.8 Å². The van der Waals surface area contributed by atoms with Crippen LogP contribution in [0.2, 0.25) is 10.0 Å². The highest BCUT2D eigenvalue weighted by atomic mass is 35.5. The van der Waals surface area contributed by atoms with Gasteiger partial charge in [0.1, 0.15) is 46.0 Å². The molecule has 0 amide bonds. The highest BCUT2D eigenvalue weighted by Crippen LogP contribution is 2.42. The second-order valence-electron chi connectivity index (χ2n) is 16.0. The fraction of sp³-hybridized carbons (Fsp3) is 0.200. The van der Waals surface area contributed by atoms with E-state index in [0.717, 1.165) is 94.1 Å². The van der Waals surface area contributed by atoms with Crippen LogP contribution in [0.25, 0.3) is 66.6 Å². The molecular weight excluding hydrogens is 885 g/mol. The van der Waals surface area contributed by atoms with E-state index in [1.54, 1.807) is 36.5 Å². The topological polar surface area (TPSA) is 89.7 Å². The predicted octanol–water partition coefficient (Wildman–Crippen LogP) is 12.2. The van der Waals surface area contributed by atoms with E-state index < -0.39 is 40.5 Å². The minimum atomic E-state index is -0.907. The number of aromatic nitrogens is 4. The van der Waals surface area contributed by atoms with E-state index >= 15 is 0 Å². The first-order chi connectivity index (χ1) is 31.5. The standard InChI is InChI=1S/C25H19Cl2F2N3.C25H19F4N3O/c26-19-2-1-3-20(27)23(19)25-24-17(8-11-31-25)18(16-5-4-15(28)12-21(16)29)13-22(32-24)14-6-9-30-10-7-14;26-15-4-5-16(21(29)12-15)18-13-22(14-6-9-30-10-7-14)31-24-17(18)8-11-32(33)25(24)23-19(27)2-1-3-20(23)28/h1-5,8,11-14,30H,6-7,9-10H2;1-5,8,11-14,30H,6-7,9-10H2. The molecule has 4 aromatic heterocycles. The van der Waals surface area contributed by atoms with Gasteiger partial charge in [0.25, 0.3) is 5.69 Å². The Labute approximate surface area is 379 Å². The third kappa shape index (κ3) is 8.85. The molecule has 4 aromatic carbocycles. The minimum absolute atomic E-state index is 0.0107. The highest BCUT2D eigenvalue weighted by Gasteiger charge is 2.28. The summed E-state index contributed by atoms with van der Waals surface area (Å²) in [4.78, 5) is 14.2. The van der Waals surface area contributed by atoms with Crippen molar-refractivity contribution in [3.63, 3.8) is 0 Å². The fourth-order valence-electron chi connectivity index (χ4n) is 8.79. The van der Waals surface area contributed by atoms with Crippen molar-refractivity contribution in [1.82, 2.24) is 25.6 Å². The molecule has 2 N–H and O–H groups in total. The number of hydrogen-bond donors (Lipinski definition) is 2. The molecule has 2 saturated heterocycles. The number of nitrogens with one attached hydrogen (secondary N) is 2. The Morgan fingerprint density at radius 1 is 0.538 bits per heavy atom. The van der Waals surface area contributed by atoms with Crippen LogP contribution in [0.15, 0.2) is 109 Å². The van der Waals surface area contributed by atoms with Gasteiger partial charge >= 0.3 is 0 Å². The van der Waals surface area contributed by atoms with Crippen molar-refractivity contribution < 1.29 is 31.1 Å². The number of nitrogens with zero attached hydrogens (tertiary/aromatic N) is 4. The van der Waals surface area contributed by atoms with Crippen LogP contribution in [-0.2, 0) is 0 Å². The zero-order valence-electron chi connectivity index (χ0n) is 34.4. The van der Waals surface area contributed by atoms with Crippen LogP contribution in [0.4, 0.5) is 26.3 Å². The van der Waals surface area contributed by atoms with Crippen molar-refractivity contribution in [1.29, 1.82) is 0 Å². The van der Waals surface area contributed by atoms with E-state index in [9.17, 15) is 31.5 Å². The largest absolute Gasteiger partial charge is 0.618 e. The van der Waals surface area contributed by atoms with Crippen LogP contribution in [0, 0.1) is 40.1 Å². The summed E-state index contributed by atoms with van der Waals surface area (Å²) in [7, 11) is 0. The summed E-state index contributed by atoms with van der Waals surface area (Å²) < 4.78 is 86.7. The molecule has 330 valence electrons. The predicted molar refractivity (Wildman–Crippen MR) is 241 cm³/mol. The van der Waals surface area contributed by atoms with Crippen LogP contribution in [0.1, 0.15) is 48.9 Å². The summed E-state index contributed by atoms with van der Waals surface area (Å²) in [5.74, 6) is -4.33. The van der Waals surface area contributed by atoms with Crippen LogP contribution in [0.5, 0.6) is 0 Å².